The molecule has 25 heavy (non-hydrogen) atoms. The molecule has 3 rings (SSSR count). The van der Waals surface area contributed by atoms with E-state index in [-0.39, 0.29) is 6.54 Å². The Morgan fingerprint density at radius 3 is 2.64 bits per heavy atom. The maximum absolute atomic E-state index is 12.5. The first-order valence-corrected chi connectivity index (χ1v) is 8.59. The zero-order valence-electron chi connectivity index (χ0n) is 13.3. The molecule has 0 spiro atoms. The van der Waals surface area contributed by atoms with Gasteiger partial charge in [-0.2, -0.15) is 0 Å². The molecule has 0 bridgehead atoms. The van der Waals surface area contributed by atoms with Crippen molar-refractivity contribution in [3.8, 4) is 0 Å². The van der Waals surface area contributed by atoms with Gasteiger partial charge >= 0.3 is 12.0 Å². The molecule has 1 aromatic carbocycles. The van der Waals surface area contributed by atoms with Crippen molar-refractivity contribution in [3.63, 3.8) is 0 Å². The van der Waals surface area contributed by atoms with Crippen molar-refractivity contribution in [3.05, 3.63) is 58.3 Å². The zero-order chi connectivity index (χ0) is 17.6. The molecule has 1 aliphatic heterocycles. The summed E-state index contributed by atoms with van der Waals surface area (Å²) in [5, 5.41) is 4.39. The molecule has 128 valence electrons. The molecule has 0 aliphatic carbocycles. The molecule has 3 amide bonds. The fourth-order valence-electron chi connectivity index (χ4n) is 2.37. The molecule has 0 unspecified atom stereocenters. The van der Waals surface area contributed by atoms with E-state index >= 15 is 0 Å². The number of hydrogen-bond donors (Lipinski definition) is 1. The van der Waals surface area contributed by atoms with Gasteiger partial charge in [-0.1, -0.05) is 36.4 Å². The van der Waals surface area contributed by atoms with Gasteiger partial charge in [0, 0.05) is 18.0 Å². The largest absolute Gasteiger partial charge is 0.452 e. The number of imide groups is 1. The number of esters is 1. The van der Waals surface area contributed by atoms with E-state index in [1.54, 1.807) is 6.08 Å². The minimum Gasteiger partial charge on any atom is -0.452 e. The Labute approximate surface area is 148 Å². The normalized spacial score (nSPS) is 14.3. The predicted molar refractivity (Wildman–Crippen MR) is 94.7 cm³/mol. The van der Waals surface area contributed by atoms with Crippen molar-refractivity contribution in [1.82, 2.24) is 10.2 Å². The van der Waals surface area contributed by atoms with Crippen LogP contribution in [0.2, 0.25) is 0 Å². The van der Waals surface area contributed by atoms with Crippen LogP contribution in [-0.4, -0.2) is 42.5 Å². The van der Waals surface area contributed by atoms with Crippen molar-refractivity contribution in [2.45, 2.75) is 0 Å². The van der Waals surface area contributed by atoms with E-state index < -0.39 is 24.5 Å². The van der Waals surface area contributed by atoms with Gasteiger partial charge < -0.3 is 10.1 Å². The Kier molecular flexibility index (Phi) is 5.25. The number of hydrogen-bond acceptors (Lipinski definition) is 5. The number of amides is 3. The molecule has 7 heteroatoms. The number of nitrogens with zero attached hydrogens (tertiary/aromatic N) is 1. The molecule has 0 saturated carbocycles. The Morgan fingerprint density at radius 1 is 1.20 bits per heavy atom. The molecule has 2 aromatic rings. The Morgan fingerprint density at radius 2 is 2.00 bits per heavy atom. The number of urea groups is 1. The lowest BCUT2D eigenvalue weighted by molar-refractivity contribution is -0.145. The van der Waals surface area contributed by atoms with E-state index in [1.807, 2.05) is 47.8 Å². The molecule has 1 aliphatic rings. The van der Waals surface area contributed by atoms with Crippen LogP contribution in [0.3, 0.4) is 0 Å². The SMILES string of the molecule is O=C(OCC(=O)N1CCNC1=O)/C(=C/c1ccccc1)c1cccs1. The second-order valence-corrected chi connectivity index (χ2v) is 6.25. The molecule has 1 aromatic heterocycles. The highest BCUT2D eigenvalue weighted by molar-refractivity contribution is 7.11. The Bertz CT molecular complexity index is 800. The van der Waals surface area contributed by atoms with Crippen molar-refractivity contribution < 1.29 is 19.1 Å². The molecule has 2 heterocycles. The molecule has 0 radical (unpaired) electrons. The fraction of sp³-hybridized carbons (Fsp3) is 0.167. The van der Waals surface area contributed by atoms with E-state index in [9.17, 15) is 14.4 Å². The number of nitrogens with one attached hydrogen (secondary N) is 1. The van der Waals surface area contributed by atoms with Crippen LogP contribution in [0.5, 0.6) is 0 Å². The van der Waals surface area contributed by atoms with E-state index in [1.165, 1.54) is 11.3 Å². The van der Waals surface area contributed by atoms with Gasteiger partial charge in [0.1, 0.15) is 0 Å². The lowest BCUT2D eigenvalue weighted by atomic mass is 10.1. The summed E-state index contributed by atoms with van der Waals surface area (Å²) in [6.07, 6.45) is 1.72. The third-order valence-corrected chi connectivity index (χ3v) is 4.50. The minimum absolute atomic E-state index is 0.285. The van der Waals surface area contributed by atoms with Gasteiger partial charge in [0.15, 0.2) is 6.61 Å². The summed E-state index contributed by atoms with van der Waals surface area (Å²) in [6.45, 7) is 0.226. The van der Waals surface area contributed by atoms with Gasteiger partial charge in [-0.25, -0.2) is 9.59 Å². The third kappa shape index (κ3) is 4.13. The van der Waals surface area contributed by atoms with E-state index in [4.69, 9.17) is 4.74 Å². The molecular formula is C18H16N2O4S. The van der Waals surface area contributed by atoms with Crippen LogP contribution >= 0.6 is 11.3 Å². The van der Waals surface area contributed by atoms with E-state index in [0.29, 0.717) is 12.1 Å². The average molecular weight is 356 g/mol. The van der Waals surface area contributed by atoms with Gasteiger partial charge in [-0.05, 0) is 23.1 Å². The van der Waals surface area contributed by atoms with Gasteiger partial charge in [0.25, 0.3) is 5.91 Å². The highest BCUT2D eigenvalue weighted by Gasteiger charge is 2.27. The van der Waals surface area contributed by atoms with Crippen LogP contribution in [-0.2, 0) is 14.3 Å². The van der Waals surface area contributed by atoms with Gasteiger partial charge in [-0.3, -0.25) is 9.69 Å². The van der Waals surface area contributed by atoms with Crippen LogP contribution in [0.25, 0.3) is 11.6 Å². The zero-order valence-corrected chi connectivity index (χ0v) is 14.1. The average Bonchev–Trinajstić information content (AvgIpc) is 3.30. The van der Waals surface area contributed by atoms with E-state index in [0.717, 1.165) is 15.3 Å². The summed E-state index contributed by atoms with van der Waals surface area (Å²) in [4.78, 5) is 37.7. The maximum atomic E-state index is 12.5. The number of ether oxygens (including phenoxy) is 1. The van der Waals surface area contributed by atoms with Crippen LogP contribution < -0.4 is 5.32 Å². The fourth-order valence-corrected chi connectivity index (χ4v) is 3.10. The monoisotopic (exact) mass is 356 g/mol. The Balaban J connectivity index is 1.73. The van der Waals surface area contributed by atoms with Crippen LogP contribution in [0, 0.1) is 0 Å². The summed E-state index contributed by atoms with van der Waals surface area (Å²) in [6, 6.07) is 12.6. The first-order chi connectivity index (χ1) is 12.1. The van der Waals surface area contributed by atoms with Gasteiger partial charge in [-0.15, -0.1) is 11.3 Å². The first-order valence-electron chi connectivity index (χ1n) is 7.71. The number of rotatable bonds is 5. The van der Waals surface area contributed by atoms with Crippen LogP contribution in [0.15, 0.2) is 47.8 Å². The second-order valence-electron chi connectivity index (χ2n) is 5.30. The molecule has 1 fully saturated rings. The molecular weight excluding hydrogens is 340 g/mol. The maximum Gasteiger partial charge on any atom is 0.340 e. The second kappa shape index (κ2) is 7.76. The van der Waals surface area contributed by atoms with Crippen LogP contribution in [0.4, 0.5) is 4.79 Å². The number of carbonyl (C=O) groups is 3. The number of benzene rings is 1. The summed E-state index contributed by atoms with van der Waals surface area (Å²) < 4.78 is 5.15. The molecule has 1 saturated heterocycles. The van der Waals surface area contributed by atoms with Crippen molar-refractivity contribution >= 4 is 40.9 Å². The van der Waals surface area contributed by atoms with Crippen molar-refractivity contribution in [2.24, 2.45) is 0 Å². The van der Waals surface area contributed by atoms with Gasteiger partial charge in [0.05, 0.1) is 5.57 Å². The lowest BCUT2D eigenvalue weighted by Crippen LogP contribution is -2.37. The highest BCUT2D eigenvalue weighted by atomic mass is 32.1. The van der Waals surface area contributed by atoms with Crippen molar-refractivity contribution in [1.29, 1.82) is 0 Å². The predicted octanol–water partition coefficient (Wildman–Crippen LogP) is 2.38. The Hall–Kier alpha value is -2.93. The quantitative estimate of drug-likeness (QED) is 0.659. The van der Waals surface area contributed by atoms with Crippen molar-refractivity contribution in [2.75, 3.05) is 19.7 Å². The third-order valence-electron chi connectivity index (χ3n) is 3.60. The summed E-state index contributed by atoms with van der Waals surface area (Å²) >= 11 is 1.41. The smallest absolute Gasteiger partial charge is 0.340 e. The van der Waals surface area contributed by atoms with Gasteiger partial charge in [0.2, 0.25) is 0 Å². The first kappa shape index (κ1) is 16.9. The molecule has 1 N–H and O–H groups in total. The standard InChI is InChI=1S/C18H16N2O4S/c21-16(20-9-8-19-18(20)23)12-24-17(22)14(15-7-4-10-25-15)11-13-5-2-1-3-6-13/h1-7,10-11H,8-9,12H2,(H,19,23)/b14-11+. The van der Waals surface area contributed by atoms with E-state index in [2.05, 4.69) is 5.32 Å². The topological polar surface area (TPSA) is 75.7 Å². The summed E-state index contributed by atoms with van der Waals surface area (Å²) in [5.41, 5.74) is 1.23. The van der Waals surface area contributed by atoms with Crippen LogP contribution in [0.1, 0.15) is 10.4 Å². The highest BCUT2D eigenvalue weighted by Crippen LogP contribution is 2.24. The number of thiophene rings is 1. The number of carbonyl (C=O) groups excluding carboxylic acids is 3. The lowest BCUT2D eigenvalue weighted by Gasteiger charge is -2.12. The minimum atomic E-state index is -0.598. The molecule has 6 nitrogen and oxygen atoms in total. The summed E-state index contributed by atoms with van der Waals surface area (Å²) in [7, 11) is 0. The molecule has 0 atom stereocenters. The summed E-state index contributed by atoms with van der Waals surface area (Å²) in [5.74, 6) is -1.13.